The molecule has 6 heteroatoms. The fourth-order valence-corrected chi connectivity index (χ4v) is 2.18. The van der Waals surface area contributed by atoms with Crippen molar-refractivity contribution in [3.05, 3.63) is 36.0 Å². The average molecular weight is 289 g/mol. The first kappa shape index (κ1) is 13.7. The number of hydrogen-bond acceptors (Lipinski definition) is 4. The predicted molar refractivity (Wildman–Crippen MR) is 73.7 cm³/mol. The largest absolute Gasteiger partial charge is 0.355 e. The van der Waals surface area contributed by atoms with Crippen LogP contribution in [0.25, 0.3) is 11.4 Å². The van der Waals surface area contributed by atoms with E-state index in [0.29, 0.717) is 30.2 Å². The molecule has 0 saturated heterocycles. The van der Waals surface area contributed by atoms with Crippen molar-refractivity contribution < 1.29 is 13.7 Å². The molecule has 1 aromatic carbocycles. The highest BCUT2D eigenvalue weighted by Crippen LogP contribution is 2.26. The maximum absolute atomic E-state index is 12.8. The van der Waals surface area contributed by atoms with Gasteiger partial charge in [-0.3, -0.25) is 4.79 Å². The Morgan fingerprint density at radius 1 is 1.33 bits per heavy atom. The van der Waals surface area contributed by atoms with Crippen molar-refractivity contribution in [2.24, 2.45) is 5.92 Å². The van der Waals surface area contributed by atoms with Gasteiger partial charge in [0.15, 0.2) is 0 Å². The molecule has 21 heavy (non-hydrogen) atoms. The number of hydrogen-bond donors (Lipinski definition) is 1. The Kier molecular flexibility index (Phi) is 3.94. The molecule has 1 amide bonds. The first-order valence-electron chi connectivity index (χ1n) is 7.08. The molecule has 0 unspecified atom stereocenters. The van der Waals surface area contributed by atoms with E-state index < -0.39 is 0 Å². The highest BCUT2D eigenvalue weighted by molar-refractivity contribution is 5.79. The topological polar surface area (TPSA) is 68.0 Å². The molecule has 110 valence electrons. The summed E-state index contributed by atoms with van der Waals surface area (Å²) in [6.07, 6.45) is 3.61. The summed E-state index contributed by atoms with van der Waals surface area (Å²) in [4.78, 5) is 15.9. The van der Waals surface area contributed by atoms with E-state index in [2.05, 4.69) is 15.5 Å². The fraction of sp³-hybridized carbons (Fsp3) is 0.400. The SMILES string of the molecule is O=C(NCCc1nc(-c2ccc(F)cc2)no1)C1CCC1. The van der Waals surface area contributed by atoms with Gasteiger partial charge in [-0.15, -0.1) is 0 Å². The summed E-state index contributed by atoms with van der Waals surface area (Å²) in [7, 11) is 0. The summed E-state index contributed by atoms with van der Waals surface area (Å²) >= 11 is 0. The second-order valence-electron chi connectivity index (χ2n) is 5.19. The number of rotatable bonds is 5. The van der Waals surface area contributed by atoms with Crippen LogP contribution in [-0.2, 0) is 11.2 Å². The van der Waals surface area contributed by atoms with Gasteiger partial charge in [0, 0.05) is 24.4 Å². The third-order valence-electron chi connectivity index (χ3n) is 3.68. The lowest BCUT2D eigenvalue weighted by Gasteiger charge is -2.23. The Labute approximate surface area is 121 Å². The van der Waals surface area contributed by atoms with Gasteiger partial charge in [0.1, 0.15) is 5.82 Å². The molecule has 1 saturated carbocycles. The first-order valence-corrected chi connectivity index (χ1v) is 7.08. The van der Waals surface area contributed by atoms with Crippen molar-refractivity contribution in [2.75, 3.05) is 6.54 Å². The van der Waals surface area contributed by atoms with E-state index in [4.69, 9.17) is 4.52 Å². The van der Waals surface area contributed by atoms with Crippen molar-refractivity contribution >= 4 is 5.91 Å². The van der Waals surface area contributed by atoms with Crippen LogP contribution in [0.15, 0.2) is 28.8 Å². The molecule has 1 heterocycles. The van der Waals surface area contributed by atoms with Gasteiger partial charge in [-0.05, 0) is 37.1 Å². The van der Waals surface area contributed by atoms with Crippen LogP contribution in [0.5, 0.6) is 0 Å². The third-order valence-corrected chi connectivity index (χ3v) is 3.68. The molecule has 1 aliphatic carbocycles. The summed E-state index contributed by atoms with van der Waals surface area (Å²) < 4.78 is 18.0. The second-order valence-corrected chi connectivity index (χ2v) is 5.19. The van der Waals surface area contributed by atoms with E-state index in [0.717, 1.165) is 19.3 Å². The zero-order chi connectivity index (χ0) is 14.7. The van der Waals surface area contributed by atoms with E-state index in [9.17, 15) is 9.18 Å². The van der Waals surface area contributed by atoms with Gasteiger partial charge in [-0.1, -0.05) is 11.6 Å². The molecule has 0 atom stereocenters. The molecule has 1 aliphatic rings. The van der Waals surface area contributed by atoms with Gasteiger partial charge in [0.05, 0.1) is 0 Å². The molecular formula is C15H16FN3O2. The monoisotopic (exact) mass is 289 g/mol. The van der Waals surface area contributed by atoms with E-state index in [1.54, 1.807) is 12.1 Å². The van der Waals surface area contributed by atoms with Gasteiger partial charge < -0.3 is 9.84 Å². The van der Waals surface area contributed by atoms with E-state index in [1.807, 2.05) is 0 Å². The zero-order valence-corrected chi connectivity index (χ0v) is 11.5. The highest BCUT2D eigenvalue weighted by atomic mass is 19.1. The minimum Gasteiger partial charge on any atom is -0.355 e. The summed E-state index contributed by atoms with van der Waals surface area (Å²) in [5, 5.41) is 6.73. The van der Waals surface area contributed by atoms with Gasteiger partial charge in [0.25, 0.3) is 0 Å². The second kappa shape index (κ2) is 6.03. The lowest BCUT2D eigenvalue weighted by Crippen LogP contribution is -2.35. The van der Waals surface area contributed by atoms with Crippen molar-refractivity contribution in [2.45, 2.75) is 25.7 Å². The number of aromatic nitrogens is 2. The lowest BCUT2D eigenvalue weighted by atomic mass is 9.85. The fourth-order valence-electron chi connectivity index (χ4n) is 2.18. The Hall–Kier alpha value is -2.24. The van der Waals surface area contributed by atoms with E-state index >= 15 is 0 Å². The normalized spacial score (nSPS) is 14.7. The molecule has 0 bridgehead atoms. The molecule has 5 nitrogen and oxygen atoms in total. The molecule has 1 N–H and O–H groups in total. The van der Waals surface area contributed by atoms with Gasteiger partial charge in [-0.25, -0.2) is 4.39 Å². The van der Waals surface area contributed by atoms with E-state index in [1.165, 1.54) is 12.1 Å². The minimum absolute atomic E-state index is 0.111. The standard InChI is InChI=1S/C15H16FN3O2/c16-12-6-4-10(5-7-12)14-18-13(21-19-14)8-9-17-15(20)11-2-1-3-11/h4-7,11H,1-3,8-9H2,(H,17,20). The number of nitrogens with one attached hydrogen (secondary N) is 1. The third kappa shape index (κ3) is 3.26. The Morgan fingerprint density at radius 3 is 2.76 bits per heavy atom. The summed E-state index contributed by atoms with van der Waals surface area (Å²) in [6, 6.07) is 5.90. The van der Waals surface area contributed by atoms with Crippen LogP contribution in [-0.4, -0.2) is 22.6 Å². The van der Waals surface area contributed by atoms with Crippen LogP contribution in [0, 0.1) is 11.7 Å². The van der Waals surface area contributed by atoms with Gasteiger partial charge in [-0.2, -0.15) is 4.98 Å². The van der Waals surface area contributed by atoms with Crippen molar-refractivity contribution in [1.82, 2.24) is 15.5 Å². The minimum atomic E-state index is -0.304. The Balaban J connectivity index is 1.52. The number of carbonyl (C=O) groups is 1. The molecule has 2 aromatic rings. The van der Waals surface area contributed by atoms with Gasteiger partial charge >= 0.3 is 0 Å². The molecule has 1 fully saturated rings. The summed E-state index contributed by atoms with van der Waals surface area (Å²) in [5.41, 5.74) is 0.699. The number of nitrogens with zero attached hydrogens (tertiary/aromatic N) is 2. The maximum atomic E-state index is 12.8. The number of benzene rings is 1. The molecule has 1 aromatic heterocycles. The van der Waals surface area contributed by atoms with Gasteiger partial charge in [0.2, 0.25) is 17.6 Å². The molecule has 3 rings (SSSR count). The van der Waals surface area contributed by atoms with Crippen molar-refractivity contribution in [3.8, 4) is 11.4 Å². The zero-order valence-electron chi connectivity index (χ0n) is 11.5. The van der Waals surface area contributed by atoms with Crippen molar-refractivity contribution in [1.29, 1.82) is 0 Å². The molecular weight excluding hydrogens is 273 g/mol. The molecule has 0 spiro atoms. The number of carbonyl (C=O) groups excluding carboxylic acids is 1. The van der Waals surface area contributed by atoms with Crippen LogP contribution in [0.3, 0.4) is 0 Å². The van der Waals surface area contributed by atoms with Crippen LogP contribution in [0.1, 0.15) is 25.2 Å². The number of halogens is 1. The Morgan fingerprint density at radius 2 is 2.10 bits per heavy atom. The molecule has 0 radical (unpaired) electrons. The van der Waals surface area contributed by atoms with Crippen LogP contribution < -0.4 is 5.32 Å². The van der Waals surface area contributed by atoms with Crippen LogP contribution in [0.4, 0.5) is 4.39 Å². The average Bonchev–Trinajstić information content (AvgIpc) is 2.86. The molecule has 0 aliphatic heterocycles. The summed E-state index contributed by atoms with van der Waals surface area (Å²) in [6.45, 7) is 0.486. The van der Waals surface area contributed by atoms with Crippen molar-refractivity contribution in [3.63, 3.8) is 0 Å². The van der Waals surface area contributed by atoms with Crippen LogP contribution >= 0.6 is 0 Å². The highest BCUT2D eigenvalue weighted by Gasteiger charge is 2.24. The maximum Gasteiger partial charge on any atom is 0.228 e. The van der Waals surface area contributed by atoms with E-state index in [-0.39, 0.29) is 17.6 Å². The Bertz CT molecular complexity index is 620. The summed E-state index contributed by atoms with van der Waals surface area (Å²) in [5.74, 6) is 0.877. The number of amides is 1. The predicted octanol–water partition coefficient (Wildman–Crippen LogP) is 2.33. The smallest absolute Gasteiger partial charge is 0.228 e. The lowest BCUT2D eigenvalue weighted by molar-refractivity contribution is -0.127. The quantitative estimate of drug-likeness (QED) is 0.917. The van der Waals surface area contributed by atoms with Crippen LogP contribution in [0.2, 0.25) is 0 Å². The first-order chi connectivity index (χ1) is 10.2.